The molecule has 0 aromatic rings. The summed E-state index contributed by atoms with van der Waals surface area (Å²) in [5.74, 6) is -0.242. The molecule has 0 aliphatic heterocycles. The van der Waals surface area contributed by atoms with E-state index in [1.807, 2.05) is 6.92 Å². The van der Waals surface area contributed by atoms with Gasteiger partial charge in [-0.1, -0.05) is 0 Å². The van der Waals surface area contributed by atoms with E-state index in [0.29, 0.717) is 18.6 Å². The lowest BCUT2D eigenvalue weighted by atomic mass is 9.92. The number of carbonyl (C=O) groups is 1. The number of primary amides is 1. The van der Waals surface area contributed by atoms with Gasteiger partial charge in [-0.05, 0) is 32.6 Å². The molecule has 1 saturated carbocycles. The number of amides is 1. The number of hydrogen-bond acceptors (Lipinski definition) is 3. The lowest BCUT2D eigenvalue weighted by Gasteiger charge is -2.30. The van der Waals surface area contributed by atoms with Crippen LogP contribution in [0.3, 0.4) is 0 Å². The first-order valence-electron chi connectivity index (χ1n) is 5.69. The molecule has 4 nitrogen and oxygen atoms in total. The van der Waals surface area contributed by atoms with Gasteiger partial charge in [0.15, 0.2) is 0 Å². The summed E-state index contributed by atoms with van der Waals surface area (Å²) in [5.41, 5.74) is 5.15. The van der Waals surface area contributed by atoms with Gasteiger partial charge in [-0.25, -0.2) is 0 Å². The summed E-state index contributed by atoms with van der Waals surface area (Å²) < 4.78 is 5.35. The van der Waals surface area contributed by atoms with Crippen LogP contribution in [0.5, 0.6) is 0 Å². The summed E-state index contributed by atoms with van der Waals surface area (Å²) in [5, 5.41) is 3.43. The van der Waals surface area contributed by atoms with Crippen LogP contribution in [0.1, 0.15) is 39.0 Å². The number of rotatable bonds is 5. The highest BCUT2D eigenvalue weighted by molar-refractivity contribution is 5.74. The number of nitrogens with two attached hydrogens (primary N) is 1. The van der Waals surface area contributed by atoms with Gasteiger partial charge in [0.05, 0.1) is 6.10 Å². The summed E-state index contributed by atoms with van der Waals surface area (Å²) in [4.78, 5) is 10.7. The molecule has 3 unspecified atom stereocenters. The van der Waals surface area contributed by atoms with Gasteiger partial charge >= 0.3 is 0 Å². The van der Waals surface area contributed by atoms with Gasteiger partial charge in [-0.2, -0.15) is 0 Å². The molecule has 1 amide bonds. The van der Waals surface area contributed by atoms with Crippen molar-refractivity contribution in [2.24, 2.45) is 5.73 Å². The number of nitrogens with one attached hydrogen (secondary N) is 1. The summed E-state index contributed by atoms with van der Waals surface area (Å²) in [7, 11) is 1.76. The summed E-state index contributed by atoms with van der Waals surface area (Å²) in [6.45, 7) is 2.00. The highest BCUT2D eigenvalue weighted by atomic mass is 16.5. The van der Waals surface area contributed by atoms with Crippen molar-refractivity contribution in [2.45, 2.75) is 57.2 Å². The van der Waals surface area contributed by atoms with Crippen molar-refractivity contribution in [3.63, 3.8) is 0 Å². The quantitative estimate of drug-likeness (QED) is 0.711. The summed E-state index contributed by atoms with van der Waals surface area (Å²) in [6.07, 6.45) is 5.34. The van der Waals surface area contributed by atoms with E-state index in [1.165, 1.54) is 12.8 Å². The summed E-state index contributed by atoms with van der Waals surface area (Å²) >= 11 is 0. The van der Waals surface area contributed by atoms with Gasteiger partial charge < -0.3 is 15.8 Å². The SMILES string of the molecule is COC1CCCC(NC(C)CC(N)=O)C1. The lowest BCUT2D eigenvalue weighted by Crippen LogP contribution is -2.42. The Balaban J connectivity index is 2.27. The second-order valence-electron chi connectivity index (χ2n) is 4.46. The number of hydrogen-bond donors (Lipinski definition) is 2. The molecule has 3 N–H and O–H groups in total. The predicted octanol–water partition coefficient (Wildman–Crippen LogP) is 0.797. The molecule has 88 valence electrons. The van der Waals surface area contributed by atoms with Crippen LogP contribution >= 0.6 is 0 Å². The van der Waals surface area contributed by atoms with E-state index in [-0.39, 0.29) is 11.9 Å². The van der Waals surface area contributed by atoms with Gasteiger partial charge in [0.1, 0.15) is 0 Å². The second kappa shape index (κ2) is 6.08. The minimum Gasteiger partial charge on any atom is -0.381 e. The fraction of sp³-hybridized carbons (Fsp3) is 0.909. The van der Waals surface area contributed by atoms with Crippen molar-refractivity contribution in [2.75, 3.05) is 7.11 Å². The first-order valence-corrected chi connectivity index (χ1v) is 5.69. The van der Waals surface area contributed by atoms with Crippen LogP contribution in [-0.4, -0.2) is 31.2 Å². The Hall–Kier alpha value is -0.610. The maximum Gasteiger partial charge on any atom is 0.218 e. The molecule has 0 aromatic heterocycles. The third kappa shape index (κ3) is 4.62. The molecule has 0 aromatic carbocycles. The van der Waals surface area contributed by atoms with E-state index in [9.17, 15) is 4.79 Å². The fourth-order valence-electron chi connectivity index (χ4n) is 2.27. The standard InChI is InChI=1S/C11H22N2O2/c1-8(6-11(12)14)13-9-4-3-5-10(7-9)15-2/h8-10,13H,3-7H2,1-2H3,(H2,12,14). The lowest BCUT2D eigenvalue weighted by molar-refractivity contribution is -0.118. The van der Waals surface area contributed by atoms with Gasteiger partial charge in [-0.3, -0.25) is 4.79 Å². The van der Waals surface area contributed by atoms with E-state index < -0.39 is 0 Å². The molecular formula is C11H22N2O2. The first-order chi connectivity index (χ1) is 7.11. The van der Waals surface area contributed by atoms with Crippen molar-refractivity contribution in [1.29, 1.82) is 0 Å². The maximum atomic E-state index is 10.7. The van der Waals surface area contributed by atoms with E-state index >= 15 is 0 Å². The van der Waals surface area contributed by atoms with Crippen LogP contribution in [0.2, 0.25) is 0 Å². The molecule has 1 fully saturated rings. The molecule has 0 bridgehead atoms. The van der Waals surface area contributed by atoms with Crippen LogP contribution in [-0.2, 0) is 9.53 Å². The van der Waals surface area contributed by atoms with Gasteiger partial charge in [0.2, 0.25) is 5.91 Å². The molecular weight excluding hydrogens is 192 g/mol. The Kier molecular flexibility index (Phi) is 5.05. The Morgan fingerprint density at radius 2 is 2.33 bits per heavy atom. The Labute approximate surface area is 91.5 Å². The minimum absolute atomic E-state index is 0.170. The summed E-state index contributed by atoms with van der Waals surface area (Å²) in [6, 6.07) is 0.640. The predicted molar refractivity (Wildman–Crippen MR) is 59.5 cm³/mol. The third-order valence-corrected chi connectivity index (χ3v) is 2.99. The molecule has 1 rings (SSSR count). The molecule has 0 spiro atoms. The third-order valence-electron chi connectivity index (χ3n) is 2.99. The maximum absolute atomic E-state index is 10.7. The smallest absolute Gasteiger partial charge is 0.218 e. The number of ether oxygens (including phenoxy) is 1. The Bertz CT molecular complexity index is 209. The Morgan fingerprint density at radius 3 is 2.93 bits per heavy atom. The highest BCUT2D eigenvalue weighted by Gasteiger charge is 2.22. The molecule has 0 heterocycles. The topological polar surface area (TPSA) is 64.3 Å². The van der Waals surface area contributed by atoms with Gasteiger partial charge in [-0.15, -0.1) is 0 Å². The zero-order valence-corrected chi connectivity index (χ0v) is 9.66. The van der Waals surface area contributed by atoms with Crippen LogP contribution in [0.15, 0.2) is 0 Å². The van der Waals surface area contributed by atoms with Crippen molar-refractivity contribution in [3.8, 4) is 0 Å². The zero-order chi connectivity index (χ0) is 11.3. The minimum atomic E-state index is -0.242. The average Bonchev–Trinajstić information content (AvgIpc) is 2.16. The molecule has 15 heavy (non-hydrogen) atoms. The van der Waals surface area contributed by atoms with Crippen molar-refractivity contribution in [3.05, 3.63) is 0 Å². The first kappa shape index (κ1) is 12.5. The van der Waals surface area contributed by atoms with Crippen LogP contribution < -0.4 is 11.1 Å². The van der Waals surface area contributed by atoms with Gasteiger partial charge in [0, 0.05) is 25.6 Å². The molecule has 1 aliphatic carbocycles. The van der Waals surface area contributed by atoms with E-state index in [2.05, 4.69) is 5.32 Å². The Morgan fingerprint density at radius 1 is 1.60 bits per heavy atom. The van der Waals surface area contributed by atoms with Crippen molar-refractivity contribution in [1.82, 2.24) is 5.32 Å². The highest BCUT2D eigenvalue weighted by Crippen LogP contribution is 2.21. The molecule has 0 radical (unpaired) electrons. The fourth-order valence-corrected chi connectivity index (χ4v) is 2.27. The molecule has 4 heteroatoms. The van der Waals surface area contributed by atoms with Crippen LogP contribution in [0, 0.1) is 0 Å². The average molecular weight is 214 g/mol. The number of carbonyl (C=O) groups excluding carboxylic acids is 1. The second-order valence-corrected chi connectivity index (χ2v) is 4.46. The van der Waals surface area contributed by atoms with Gasteiger partial charge in [0.25, 0.3) is 0 Å². The molecule has 3 atom stereocenters. The van der Waals surface area contributed by atoms with Crippen molar-refractivity contribution < 1.29 is 9.53 Å². The van der Waals surface area contributed by atoms with Crippen LogP contribution in [0.4, 0.5) is 0 Å². The molecule has 0 saturated heterocycles. The molecule has 1 aliphatic rings. The normalized spacial score (nSPS) is 28.7. The van der Waals surface area contributed by atoms with E-state index in [1.54, 1.807) is 7.11 Å². The van der Waals surface area contributed by atoms with E-state index in [4.69, 9.17) is 10.5 Å². The number of methoxy groups -OCH3 is 1. The van der Waals surface area contributed by atoms with Crippen molar-refractivity contribution >= 4 is 5.91 Å². The van der Waals surface area contributed by atoms with Crippen LogP contribution in [0.25, 0.3) is 0 Å². The zero-order valence-electron chi connectivity index (χ0n) is 9.66. The van der Waals surface area contributed by atoms with E-state index in [0.717, 1.165) is 12.8 Å². The largest absolute Gasteiger partial charge is 0.381 e. The monoisotopic (exact) mass is 214 g/mol.